The summed E-state index contributed by atoms with van der Waals surface area (Å²) in [6.45, 7) is 0. The monoisotopic (exact) mass is 922 g/mol. The normalized spacial score (nSPS) is 20.1. The molecule has 1 aliphatic carbocycles. The smallest absolute Gasteiger partial charge is 0.170 e. The molecular weight excluding hydrogens is 881 g/mol. The van der Waals surface area contributed by atoms with Gasteiger partial charge in [0.25, 0.3) is 0 Å². The van der Waals surface area contributed by atoms with Gasteiger partial charge >= 0.3 is 0 Å². The molecule has 0 amide bonds. The van der Waals surface area contributed by atoms with Crippen molar-refractivity contribution in [3.8, 4) is 69.0 Å². The fraction of sp³-hybridized carbons (Fsp3) is 0.125. The van der Waals surface area contributed by atoms with Crippen molar-refractivity contribution in [2.24, 2.45) is 0 Å². The molecule has 7 atom stereocenters. The van der Waals surface area contributed by atoms with Crippen molar-refractivity contribution in [2.75, 3.05) is 0 Å². The van der Waals surface area contributed by atoms with Gasteiger partial charge in [-0.2, -0.15) is 0 Å². The molecular formula is C56H42O13. The molecule has 344 valence electrons. The molecule has 0 fully saturated rings. The van der Waals surface area contributed by atoms with Crippen LogP contribution in [0.2, 0.25) is 0 Å². The molecule has 2 aliphatic heterocycles. The third-order valence-corrected chi connectivity index (χ3v) is 13.7. The average Bonchev–Trinajstić information content (AvgIpc) is 3.85. The zero-order valence-electron chi connectivity index (χ0n) is 36.2. The Morgan fingerprint density at radius 3 is 1.39 bits per heavy atom. The van der Waals surface area contributed by atoms with E-state index in [1.165, 1.54) is 115 Å². The highest BCUT2D eigenvalue weighted by molar-refractivity contribution is 6.02. The fourth-order valence-corrected chi connectivity index (χ4v) is 11.0. The Morgan fingerprint density at radius 2 is 0.826 bits per heavy atom. The maximum atomic E-state index is 16.2. The minimum absolute atomic E-state index is 0.00157. The van der Waals surface area contributed by atoms with E-state index in [9.17, 15) is 51.1 Å². The highest BCUT2D eigenvalue weighted by Gasteiger charge is 2.52. The van der Waals surface area contributed by atoms with Crippen molar-refractivity contribution in [1.82, 2.24) is 0 Å². The number of hydrogen-bond donors (Lipinski definition) is 10. The van der Waals surface area contributed by atoms with Gasteiger partial charge in [-0.1, -0.05) is 36.4 Å². The van der Waals surface area contributed by atoms with Gasteiger partial charge < -0.3 is 60.5 Å². The number of phenolic OH excluding ortho intramolecular Hbond substituents is 10. The standard InChI is InChI=1S/C56H42O13/c57-31-9-1-26(2-10-31)46-48-40(20-37(63)23-43(48)66)53-50-41(21-38(64)25-45(50)69-56(53)29-7-15-34(60)16-8-29)51(46)52(54(67)27-3-11-32(58)12-4-27)42-22-39(65)24-44-49(42)47(30-17-35(61)19-36(62)18-30)55(68-44)28-5-13-33(59)14-6-28/h1-25,46-47,51-53,55-66H. The van der Waals surface area contributed by atoms with Gasteiger partial charge in [0.2, 0.25) is 0 Å². The molecule has 2 heterocycles. The summed E-state index contributed by atoms with van der Waals surface area (Å²) in [5.74, 6) is -7.47. The summed E-state index contributed by atoms with van der Waals surface area (Å²) in [6.07, 6.45) is -1.81. The number of phenols is 10. The summed E-state index contributed by atoms with van der Waals surface area (Å²) < 4.78 is 13.5. The predicted octanol–water partition coefficient (Wildman–Crippen LogP) is 10.2. The lowest BCUT2D eigenvalue weighted by Gasteiger charge is -2.36. The molecule has 0 radical (unpaired) electrons. The number of ether oxygens (including phenoxy) is 2. The lowest BCUT2D eigenvalue weighted by molar-refractivity contribution is 0.0941. The van der Waals surface area contributed by atoms with Gasteiger partial charge in [0.15, 0.2) is 5.78 Å². The first-order valence-electron chi connectivity index (χ1n) is 22.1. The quantitative estimate of drug-likeness (QED) is 0.0639. The van der Waals surface area contributed by atoms with E-state index < -0.39 is 47.6 Å². The number of benzene rings is 8. The van der Waals surface area contributed by atoms with Crippen LogP contribution in [0.5, 0.6) is 69.0 Å². The number of ketones is 1. The van der Waals surface area contributed by atoms with E-state index in [2.05, 4.69) is 0 Å². The summed E-state index contributed by atoms with van der Waals surface area (Å²) in [5.41, 5.74) is 4.34. The van der Waals surface area contributed by atoms with Crippen LogP contribution in [0, 0.1) is 0 Å². The van der Waals surface area contributed by atoms with Crippen molar-refractivity contribution in [3.63, 3.8) is 0 Å². The third kappa shape index (κ3) is 7.22. The van der Waals surface area contributed by atoms with E-state index in [-0.39, 0.29) is 85.7 Å². The van der Waals surface area contributed by atoms with Crippen LogP contribution in [0.4, 0.5) is 0 Å². The van der Waals surface area contributed by atoms with Gasteiger partial charge in [0.05, 0.1) is 17.8 Å². The molecule has 0 saturated heterocycles. The van der Waals surface area contributed by atoms with Crippen molar-refractivity contribution < 1.29 is 65.3 Å². The molecule has 0 bridgehead atoms. The Balaban J connectivity index is 1.27. The summed E-state index contributed by atoms with van der Waals surface area (Å²) in [7, 11) is 0. The Bertz CT molecular complexity index is 3310. The molecule has 8 aromatic rings. The van der Waals surface area contributed by atoms with Gasteiger partial charge in [0.1, 0.15) is 81.2 Å². The number of Topliss-reactive ketones (excluding diaryl/α,β-unsaturated/α-hetero) is 1. The Labute approximate surface area is 393 Å². The first kappa shape index (κ1) is 42.7. The van der Waals surface area contributed by atoms with Crippen molar-refractivity contribution in [2.45, 2.75) is 41.8 Å². The molecule has 13 nitrogen and oxygen atoms in total. The average molecular weight is 923 g/mol. The molecule has 0 aromatic heterocycles. The minimum atomic E-state index is -1.43. The number of carbonyl (C=O) groups excluding carboxylic acids is 1. The first-order valence-corrected chi connectivity index (χ1v) is 22.1. The topological polar surface area (TPSA) is 238 Å². The molecule has 10 N–H and O–H groups in total. The predicted molar refractivity (Wildman–Crippen MR) is 250 cm³/mol. The summed E-state index contributed by atoms with van der Waals surface area (Å²) in [6, 6.07) is 37.2. The number of rotatable bonds is 8. The van der Waals surface area contributed by atoms with Crippen molar-refractivity contribution in [3.05, 3.63) is 213 Å². The van der Waals surface area contributed by atoms with Gasteiger partial charge in [-0.05, 0) is 130 Å². The van der Waals surface area contributed by atoms with Crippen LogP contribution in [0.3, 0.4) is 0 Å². The van der Waals surface area contributed by atoms with E-state index in [1.54, 1.807) is 36.4 Å². The SMILES string of the molecule is O=C(c1ccc(O)cc1)C(c1cc(O)cc2c1C(c1cc(O)cc(O)c1)C(c1ccc(O)cc1)O2)C1c2cc(O)cc3c2C(c2cc(O)cc(O)c2C1c1ccc(O)cc1)C(c1ccc(O)cc1)O3. The van der Waals surface area contributed by atoms with Gasteiger partial charge in [-0.15, -0.1) is 0 Å². The van der Waals surface area contributed by atoms with Crippen LogP contribution in [-0.4, -0.2) is 56.8 Å². The van der Waals surface area contributed by atoms with Crippen LogP contribution < -0.4 is 9.47 Å². The van der Waals surface area contributed by atoms with Gasteiger partial charge in [0, 0.05) is 58.4 Å². The van der Waals surface area contributed by atoms with Crippen LogP contribution in [0.1, 0.15) is 108 Å². The summed E-state index contributed by atoms with van der Waals surface area (Å²) >= 11 is 0. The van der Waals surface area contributed by atoms with E-state index in [0.29, 0.717) is 44.5 Å². The first-order chi connectivity index (χ1) is 33.2. The van der Waals surface area contributed by atoms with E-state index in [4.69, 9.17) is 9.47 Å². The second-order valence-electron chi connectivity index (χ2n) is 17.8. The number of aromatic hydroxyl groups is 10. The summed E-state index contributed by atoms with van der Waals surface area (Å²) in [4.78, 5) is 16.2. The second kappa shape index (κ2) is 16.1. The number of hydrogen-bond acceptors (Lipinski definition) is 13. The number of fused-ring (bicyclic) bond motifs is 3. The molecule has 3 aliphatic rings. The van der Waals surface area contributed by atoms with Crippen LogP contribution in [0.25, 0.3) is 0 Å². The molecule has 69 heavy (non-hydrogen) atoms. The van der Waals surface area contributed by atoms with Crippen molar-refractivity contribution >= 4 is 5.78 Å². The Hall–Kier alpha value is -8.97. The molecule has 13 heteroatoms. The summed E-state index contributed by atoms with van der Waals surface area (Å²) in [5, 5.41) is 111. The fourth-order valence-electron chi connectivity index (χ4n) is 11.0. The lowest BCUT2D eigenvalue weighted by atomic mass is 9.65. The zero-order chi connectivity index (χ0) is 48.0. The maximum Gasteiger partial charge on any atom is 0.170 e. The minimum Gasteiger partial charge on any atom is -0.508 e. The Kier molecular flexibility index (Phi) is 9.97. The lowest BCUT2D eigenvalue weighted by Crippen LogP contribution is -2.28. The molecule has 8 aromatic carbocycles. The van der Waals surface area contributed by atoms with Crippen LogP contribution >= 0.6 is 0 Å². The van der Waals surface area contributed by atoms with Gasteiger partial charge in [-0.25, -0.2) is 0 Å². The van der Waals surface area contributed by atoms with Crippen molar-refractivity contribution in [1.29, 1.82) is 0 Å². The number of carbonyl (C=O) groups is 1. The van der Waals surface area contributed by atoms with E-state index in [1.807, 2.05) is 0 Å². The van der Waals surface area contributed by atoms with Gasteiger partial charge in [-0.3, -0.25) is 4.79 Å². The second-order valence-corrected chi connectivity index (χ2v) is 17.8. The zero-order valence-corrected chi connectivity index (χ0v) is 36.2. The van der Waals surface area contributed by atoms with E-state index >= 15 is 4.79 Å². The Morgan fingerprint density at radius 1 is 0.377 bits per heavy atom. The molecule has 11 rings (SSSR count). The van der Waals surface area contributed by atoms with E-state index in [0.717, 1.165) is 0 Å². The molecule has 0 saturated carbocycles. The van der Waals surface area contributed by atoms with Crippen LogP contribution in [-0.2, 0) is 0 Å². The largest absolute Gasteiger partial charge is 0.508 e. The van der Waals surface area contributed by atoms with Crippen LogP contribution in [0.15, 0.2) is 152 Å². The highest BCUT2D eigenvalue weighted by atomic mass is 16.5. The third-order valence-electron chi connectivity index (χ3n) is 13.7. The molecule has 7 unspecified atom stereocenters. The highest BCUT2D eigenvalue weighted by Crippen LogP contribution is 2.65. The molecule has 0 spiro atoms. The maximum absolute atomic E-state index is 16.2.